The number of amides is 1. The summed E-state index contributed by atoms with van der Waals surface area (Å²) in [5.41, 5.74) is 2.48. The second-order valence-electron chi connectivity index (χ2n) is 8.65. The predicted molar refractivity (Wildman–Crippen MR) is 105 cm³/mol. The number of aryl methyl sites for hydroxylation is 1. The fourth-order valence-corrected chi connectivity index (χ4v) is 6.24. The monoisotopic (exact) mass is 356 g/mol. The molecule has 3 nitrogen and oxygen atoms in total. The number of rotatable bonds is 4. The number of carbonyl (C=O) groups excluding carboxylic acids is 1. The second kappa shape index (κ2) is 6.71. The Hall–Kier alpha value is -1.42. The topological polar surface area (TPSA) is 41.1 Å². The lowest BCUT2D eigenvalue weighted by Crippen LogP contribution is -2.48. The Kier molecular flexibility index (Phi) is 4.57. The molecule has 0 atom stereocenters. The Morgan fingerprint density at radius 3 is 2.16 bits per heavy atom. The first-order chi connectivity index (χ1) is 12.0. The molecule has 5 rings (SSSR count). The molecule has 0 aromatic heterocycles. The largest absolute Gasteiger partial charge is 0.332 e. The van der Waals surface area contributed by atoms with Gasteiger partial charge in [-0.1, -0.05) is 19.1 Å². The van der Waals surface area contributed by atoms with E-state index in [1.165, 1.54) is 44.1 Å². The van der Waals surface area contributed by atoms with Crippen molar-refractivity contribution >= 4 is 28.9 Å². The third-order valence-corrected chi connectivity index (χ3v) is 6.78. The van der Waals surface area contributed by atoms with Crippen molar-refractivity contribution in [2.24, 2.45) is 23.2 Å². The first-order valence-corrected chi connectivity index (χ1v) is 10.1. The van der Waals surface area contributed by atoms with Crippen LogP contribution in [0.2, 0.25) is 0 Å². The van der Waals surface area contributed by atoms with Crippen LogP contribution in [0.1, 0.15) is 57.4 Å². The molecule has 0 unspecified atom stereocenters. The van der Waals surface area contributed by atoms with Crippen LogP contribution in [-0.2, 0) is 11.2 Å². The Morgan fingerprint density at radius 1 is 1.08 bits per heavy atom. The van der Waals surface area contributed by atoms with Crippen LogP contribution in [0.5, 0.6) is 0 Å². The molecule has 0 heterocycles. The Labute approximate surface area is 156 Å². The normalized spacial score (nSPS) is 32.4. The molecule has 1 amide bonds. The van der Waals surface area contributed by atoms with E-state index in [1.54, 1.807) is 0 Å². The number of nitrogens with one attached hydrogen (secondary N) is 2. The van der Waals surface area contributed by atoms with Crippen LogP contribution < -0.4 is 10.6 Å². The minimum Gasteiger partial charge on any atom is -0.332 e. The van der Waals surface area contributed by atoms with Gasteiger partial charge in [-0.25, -0.2) is 0 Å². The molecule has 2 N–H and O–H groups in total. The molecule has 4 aliphatic carbocycles. The molecule has 4 fully saturated rings. The SMILES string of the molecule is CCc1ccc(NC(=S)NC(=O)CC23CC4CC(CC(C4)C2)C3)cc1. The molecule has 134 valence electrons. The molecule has 25 heavy (non-hydrogen) atoms. The summed E-state index contributed by atoms with van der Waals surface area (Å²) in [5.74, 6) is 2.72. The maximum Gasteiger partial charge on any atom is 0.226 e. The highest BCUT2D eigenvalue weighted by atomic mass is 32.1. The van der Waals surface area contributed by atoms with E-state index in [-0.39, 0.29) is 11.3 Å². The molecular formula is C21H28N2OS. The zero-order valence-electron chi connectivity index (χ0n) is 15.0. The van der Waals surface area contributed by atoms with E-state index in [0.717, 1.165) is 29.9 Å². The van der Waals surface area contributed by atoms with Crippen molar-refractivity contribution in [1.82, 2.24) is 5.32 Å². The van der Waals surface area contributed by atoms with Gasteiger partial charge in [-0.05, 0) is 98.0 Å². The third kappa shape index (κ3) is 3.74. The summed E-state index contributed by atoms with van der Waals surface area (Å²) in [4.78, 5) is 12.6. The van der Waals surface area contributed by atoms with Gasteiger partial charge < -0.3 is 10.6 Å². The van der Waals surface area contributed by atoms with Crippen molar-refractivity contribution < 1.29 is 4.79 Å². The van der Waals surface area contributed by atoms with Gasteiger partial charge in [0.1, 0.15) is 0 Å². The van der Waals surface area contributed by atoms with E-state index in [1.807, 2.05) is 12.1 Å². The number of hydrogen-bond donors (Lipinski definition) is 2. The molecule has 4 heteroatoms. The van der Waals surface area contributed by atoms with Gasteiger partial charge in [0, 0.05) is 12.1 Å². The molecule has 0 spiro atoms. The summed E-state index contributed by atoms with van der Waals surface area (Å²) in [5, 5.41) is 6.46. The average molecular weight is 357 g/mol. The van der Waals surface area contributed by atoms with Crippen molar-refractivity contribution in [3.05, 3.63) is 29.8 Å². The molecule has 1 aromatic rings. The number of anilines is 1. The molecule has 1 aromatic carbocycles. The molecule has 0 saturated heterocycles. The number of hydrogen-bond acceptors (Lipinski definition) is 2. The van der Waals surface area contributed by atoms with Crippen LogP contribution in [0.15, 0.2) is 24.3 Å². The maximum absolute atomic E-state index is 12.6. The van der Waals surface area contributed by atoms with Crippen molar-refractivity contribution in [3.8, 4) is 0 Å². The summed E-state index contributed by atoms with van der Waals surface area (Å²) in [6, 6.07) is 8.19. The number of carbonyl (C=O) groups is 1. The van der Waals surface area contributed by atoms with Gasteiger partial charge in [-0.2, -0.15) is 0 Å². The van der Waals surface area contributed by atoms with Gasteiger partial charge in [0.15, 0.2) is 5.11 Å². The van der Waals surface area contributed by atoms with Crippen molar-refractivity contribution in [2.75, 3.05) is 5.32 Å². The van der Waals surface area contributed by atoms with Crippen LogP contribution >= 0.6 is 12.2 Å². The van der Waals surface area contributed by atoms with Crippen molar-refractivity contribution in [2.45, 2.75) is 58.3 Å². The van der Waals surface area contributed by atoms with E-state index < -0.39 is 0 Å². The number of thiocarbonyl (C=S) groups is 1. The van der Waals surface area contributed by atoms with Crippen LogP contribution in [0.3, 0.4) is 0 Å². The quantitative estimate of drug-likeness (QED) is 0.770. The van der Waals surface area contributed by atoms with Crippen LogP contribution in [0, 0.1) is 23.2 Å². The zero-order valence-corrected chi connectivity index (χ0v) is 15.8. The fourth-order valence-electron chi connectivity index (χ4n) is 6.00. The summed E-state index contributed by atoms with van der Waals surface area (Å²) < 4.78 is 0. The lowest BCUT2D eigenvalue weighted by atomic mass is 9.49. The first-order valence-electron chi connectivity index (χ1n) is 9.73. The van der Waals surface area contributed by atoms with Crippen LogP contribution in [-0.4, -0.2) is 11.0 Å². The summed E-state index contributed by atoms with van der Waals surface area (Å²) in [6.07, 6.45) is 9.67. The van der Waals surface area contributed by atoms with E-state index in [9.17, 15) is 4.79 Å². The van der Waals surface area contributed by atoms with Crippen LogP contribution in [0.4, 0.5) is 5.69 Å². The molecular weight excluding hydrogens is 328 g/mol. The molecule has 4 aliphatic rings. The van der Waals surface area contributed by atoms with Crippen molar-refractivity contribution in [3.63, 3.8) is 0 Å². The molecule has 4 saturated carbocycles. The van der Waals surface area contributed by atoms with E-state index in [4.69, 9.17) is 12.2 Å². The fraction of sp³-hybridized carbons (Fsp3) is 0.619. The van der Waals surface area contributed by atoms with Gasteiger partial charge in [-0.3, -0.25) is 4.79 Å². The highest BCUT2D eigenvalue weighted by molar-refractivity contribution is 7.80. The van der Waals surface area contributed by atoms with Crippen molar-refractivity contribution in [1.29, 1.82) is 0 Å². The van der Waals surface area contributed by atoms with E-state index >= 15 is 0 Å². The number of benzene rings is 1. The van der Waals surface area contributed by atoms with Gasteiger partial charge in [-0.15, -0.1) is 0 Å². The van der Waals surface area contributed by atoms with E-state index in [2.05, 4.69) is 29.7 Å². The molecule has 0 aliphatic heterocycles. The zero-order chi connectivity index (χ0) is 17.4. The Morgan fingerprint density at radius 2 is 1.64 bits per heavy atom. The van der Waals surface area contributed by atoms with Gasteiger partial charge in [0.2, 0.25) is 5.91 Å². The minimum atomic E-state index is 0.0876. The standard InChI is InChI=1S/C21H28N2OS/c1-2-14-3-5-18(6-4-14)22-20(25)23-19(24)13-21-10-15-7-16(11-21)9-17(8-15)12-21/h3-6,15-17H,2,7-13H2,1H3,(H2,22,23,24,25). The lowest BCUT2D eigenvalue weighted by molar-refractivity contribution is -0.127. The third-order valence-electron chi connectivity index (χ3n) is 6.57. The smallest absolute Gasteiger partial charge is 0.226 e. The van der Waals surface area contributed by atoms with Gasteiger partial charge >= 0.3 is 0 Å². The van der Waals surface area contributed by atoms with E-state index in [0.29, 0.717) is 11.5 Å². The Bertz CT molecular complexity index is 632. The first kappa shape index (κ1) is 17.0. The summed E-state index contributed by atoms with van der Waals surface area (Å²) in [6.45, 7) is 2.14. The summed E-state index contributed by atoms with van der Waals surface area (Å²) >= 11 is 5.34. The predicted octanol–water partition coefficient (Wildman–Crippen LogP) is 4.67. The molecule has 4 bridgehead atoms. The maximum atomic E-state index is 12.6. The highest BCUT2D eigenvalue weighted by Gasteiger charge is 2.51. The lowest BCUT2D eigenvalue weighted by Gasteiger charge is -2.56. The van der Waals surface area contributed by atoms with Gasteiger partial charge in [0.05, 0.1) is 0 Å². The Balaban J connectivity index is 1.32. The van der Waals surface area contributed by atoms with Crippen LogP contribution in [0.25, 0.3) is 0 Å². The molecule has 0 radical (unpaired) electrons. The van der Waals surface area contributed by atoms with Gasteiger partial charge in [0.25, 0.3) is 0 Å². The minimum absolute atomic E-state index is 0.0876. The highest BCUT2D eigenvalue weighted by Crippen LogP contribution is 2.61. The average Bonchev–Trinajstić information content (AvgIpc) is 2.53. The summed E-state index contributed by atoms with van der Waals surface area (Å²) in [7, 11) is 0. The second-order valence-corrected chi connectivity index (χ2v) is 9.06.